The van der Waals surface area contributed by atoms with Crippen LogP contribution in [0.5, 0.6) is 0 Å². The second-order valence-corrected chi connectivity index (χ2v) is 10.4. The van der Waals surface area contributed by atoms with E-state index in [0.717, 1.165) is 48.5 Å². The molecule has 2 aromatic carbocycles. The molecule has 33 heavy (non-hydrogen) atoms. The highest BCUT2D eigenvalue weighted by atomic mass is 35.5. The van der Waals surface area contributed by atoms with Crippen LogP contribution in [0.2, 0.25) is 10.0 Å². The maximum absolute atomic E-state index is 12.0. The molecule has 4 rings (SSSR count). The molecule has 6 nitrogen and oxygen atoms in total. The number of hydrogen-bond acceptors (Lipinski definition) is 4. The summed E-state index contributed by atoms with van der Waals surface area (Å²) in [6, 6.07) is 13.7. The lowest BCUT2D eigenvalue weighted by atomic mass is 9.97. The largest absolute Gasteiger partial charge is 0.444 e. The number of anilines is 1. The van der Waals surface area contributed by atoms with Gasteiger partial charge in [0.1, 0.15) is 5.60 Å². The van der Waals surface area contributed by atoms with Crippen molar-refractivity contribution in [3.63, 3.8) is 0 Å². The van der Waals surface area contributed by atoms with E-state index in [9.17, 15) is 4.79 Å². The van der Waals surface area contributed by atoms with E-state index >= 15 is 0 Å². The summed E-state index contributed by atoms with van der Waals surface area (Å²) < 4.78 is 7.56. The number of ether oxygens (including phenoxy) is 1. The Morgan fingerprint density at radius 2 is 1.88 bits per heavy atom. The third-order valence-electron chi connectivity index (χ3n) is 5.80. The number of nitrogens with zero attached hydrogens (tertiary/aromatic N) is 3. The number of alkyl carbamates (subject to hydrolysis) is 1. The molecule has 1 saturated heterocycles. The molecule has 0 unspecified atom stereocenters. The summed E-state index contributed by atoms with van der Waals surface area (Å²) >= 11 is 12.7. The van der Waals surface area contributed by atoms with Gasteiger partial charge in [-0.25, -0.2) is 9.78 Å². The molecule has 0 radical (unpaired) electrons. The van der Waals surface area contributed by atoms with Crippen LogP contribution < -0.4 is 10.2 Å². The number of aromatic nitrogens is 2. The lowest BCUT2D eigenvalue weighted by Crippen LogP contribution is -2.41. The monoisotopic (exact) mass is 488 g/mol. The maximum atomic E-state index is 12.0. The number of halogens is 2. The van der Waals surface area contributed by atoms with E-state index in [2.05, 4.69) is 20.9 Å². The number of hydrogen-bond donors (Lipinski definition) is 1. The molecule has 1 amide bonds. The zero-order valence-corrected chi connectivity index (χ0v) is 20.8. The quantitative estimate of drug-likeness (QED) is 0.468. The normalized spacial score (nSPS) is 15.1. The SMILES string of the molecule is CC(C)(C)OC(=O)NCC1CCN(c2nc3ccccc3n2Cc2cc(Cl)ccc2Cl)CC1. The van der Waals surface area contributed by atoms with Gasteiger partial charge in [-0.05, 0) is 75.4 Å². The van der Waals surface area contributed by atoms with Crippen molar-refractivity contribution in [3.8, 4) is 0 Å². The number of piperidine rings is 1. The molecular formula is C25H30Cl2N4O2. The molecule has 0 saturated carbocycles. The van der Waals surface area contributed by atoms with Crippen molar-refractivity contribution >= 4 is 46.3 Å². The van der Waals surface area contributed by atoms with Crippen LogP contribution in [0.1, 0.15) is 39.2 Å². The molecule has 1 aliphatic heterocycles. The topological polar surface area (TPSA) is 59.4 Å². The molecule has 0 aliphatic carbocycles. The number of benzene rings is 2. The van der Waals surface area contributed by atoms with Crippen molar-refractivity contribution in [3.05, 3.63) is 58.1 Å². The summed E-state index contributed by atoms with van der Waals surface area (Å²) in [6.45, 7) is 8.56. The minimum atomic E-state index is -0.488. The van der Waals surface area contributed by atoms with Gasteiger partial charge in [0, 0.05) is 29.7 Å². The van der Waals surface area contributed by atoms with Crippen LogP contribution in [0.25, 0.3) is 11.0 Å². The third kappa shape index (κ3) is 5.92. The van der Waals surface area contributed by atoms with Crippen molar-refractivity contribution in [2.24, 2.45) is 5.92 Å². The van der Waals surface area contributed by atoms with Crippen LogP contribution in [-0.4, -0.2) is 40.9 Å². The molecule has 2 heterocycles. The second kappa shape index (κ2) is 9.82. The Hall–Kier alpha value is -2.44. The number of carbonyl (C=O) groups excluding carboxylic acids is 1. The van der Waals surface area contributed by atoms with Gasteiger partial charge in [-0.3, -0.25) is 0 Å². The van der Waals surface area contributed by atoms with Crippen LogP contribution in [0.3, 0.4) is 0 Å². The molecule has 0 bridgehead atoms. The van der Waals surface area contributed by atoms with Crippen LogP contribution in [0, 0.1) is 5.92 Å². The van der Waals surface area contributed by atoms with Gasteiger partial charge in [0.15, 0.2) is 0 Å². The molecular weight excluding hydrogens is 459 g/mol. The van der Waals surface area contributed by atoms with Gasteiger partial charge < -0.3 is 19.5 Å². The smallest absolute Gasteiger partial charge is 0.407 e. The average Bonchev–Trinajstić information content (AvgIpc) is 3.12. The zero-order chi connectivity index (χ0) is 23.6. The van der Waals surface area contributed by atoms with E-state index < -0.39 is 5.60 Å². The molecule has 0 spiro atoms. The van der Waals surface area contributed by atoms with Gasteiger partial charge >= 0.3 is 6.09 Å². The zero-order valence-electron chi connectivity index (χ0n) is 19.3. The van der Waals surface area contributed by atoms with Gasteiger partial charge in [0.25, 0.3) is 0 Å². The second-order valence-electron chi connectivity index (χ2n) is 9.54. The van der Waals surface area contributed by atoms with Gasteiger partial charge in [-0.15, -0.1) is 0 Å². The number of carbonyl (C=O) groups is 1. The van der Waals surface area contributed by atoms with Crippen LogP contribution in [0.15, 0.2) is 42.5 Å². The van der Waals surface area contributed by atoms with Gasteiger partial charge in [-0.1, -0.05) is 35.3 Å². The fourth-order valence-corrected chi connectivity index (χ4v) is 4.55. The Labute approximate surface area is 204 Å². The van der Waals surface area contributed by atoms with E-state index in [-0.39, 0.29) is 6.09 Å². The molecule has 3 aromatic rings. The Morgan fingerprint density at radius 1 is 1.15 bits per heavy atom. The fourth-order valence-electron chi connectivity index (χ4n) is 4.17. The lowest BCUT2D eigenvalue weighted by Gasteiger charge is -2.33. The van der Waals surface area contributed by atoms with Crippen molar-refractivity contribution in [1.29, 1.82) is 0 Å². The number of amides is 1. The van der Waals surface area contributed by atoms with E-state index in [1.807, 2.05) is 51.1 Å². The summed E-state index contributed by atoms with van der Waals surface area (Å²) in [4.78, 5) is 19.2. The average molecular weight is 489 g/mol. The molecule has 1 N–H and O–H groups in total. The van der Waals surface area contributed by atoms with E-state index in [0.29, 0.717) is 29.1 Å². The molecule has 1 fully saturated rings. The molecule has 1 aliphatic rings. The van der Waals surface area contributed by atoms with Crippen LogP contribution >= 0.6 is 23.2 Å². The molecule has 176 valence electrons. The first-order valence-electron chi connectivity index (χ1n) is 11.3. The number of fused-ring (bicyclic) bond motifs is 1. The Morgan fingerprint density at radius 3 is 2.61 bits per heavy atom. The maximum Gasteiger partial charge on any atom is 0.407 e. The fraction of sp³-hybridized carbons (Fsp3) is 0.440. The number of para-hydroxylation sites is 2. The van der Waals surface area contributed by atoms with E-state index in [1.54, 1.807) is 6.07 Å². The van der Waals surface area contributed by atoms with Crippen molar-refractivity contribution in [1.82, 2.24) is 14.9 Å². The van der Waals surface area contributed by atoms with Crippen molar-refractivity contribution in [2.75, 3.05) is 24.5 Å². The molecule has 1 aromatic heterocycles. The van der Waals surface area contributed by atoms with E-state index in [4.69, 9.17) is 32.9 Å². The number of nitrogens with one attached hydrogen (secondary N) is 1. The minimum Gasteiger partial charge on any atom is -0.444 e. The highest BCUT2D eigenvalue weighted by molar-refractivity contribution is 6.33. The van der Waals surface area contributed by atoms with Crippen LogP contribution in [0.4, 0.5) is 10.7 Å². The van der Waals surface area contributed by atoms with Gasteiger partial charge in [0.2, 0.25) is 5.95 Å². The summed E-state index contributed by atoms with van der Waals surface area (Å²) in [5.41, 5.74) is 2.50. The predicted octanol–water partition coefficient (Wildman–Crippen LogP) is 6.13. The third-order valence-corrected chi connectivity index (χ3v) is 6.41. The van der Waals surface area contributed by atoms with Gasteiger partial charge in [-0.2, -0.15) is 0 Å². The number of rotatable bonds is 5. The minimum absolute atomic E-state index is 0.356. The summed E-state index contributed by atoms with van der Waals surface area (Å²) in [5.74, 6) is 1.35. The summed E-state index contributed by atoms with van der Waals surface area (Å²) in [5, 5.41) is 4.27. The summed E-state index contributed by atoms with van der Waals surface area (Å²) in [7, 11) is 0. The lowest BCUT2D eigenvalue weighted by molar-refractivity contribution is 0.0516. The first-order chi connectivity index (χ1) is 15.7. The summed E-state index contributed by atoms with van der Waals surface area (Å²) in [6.07, 6.45) is 1.58. The Kier molecular flexibility index (Phi) is 7.05. The first kappa shape index (κ1) is 23.7. The van der Waals surface area contributed by atoms with Crippen molar-refractivity contribution < 1.29 is 9.53 Å². The van der Waals surface area contributed by atoms with Gasteiger partial charge in [0.05, 0.1) is 17.6 Å². The van der Waals surface area contributed by atoms with Crippen molar-refractivity contribution in [2.45, 2.75) is 45.8 Å². The Bertz CT molecular complexity index is 1130. The first-order valence-corrected chi connectivity index (χ1v) is 12.1. The standard InChI is InChI=1S/C25H30Cl2N4O2/c1-25(2,3)33-24(32)28-15-17-10-12-30(13-11-17)23-29-21-6-4-5-7-22(21)31(23)16-18-14-19(26)8-9-20(18)27/h4-9,14,17H,10-13,15-16H2,1-3H3,(H,28,32). The highest BCUT2D eigenvalue weighted by Gasteiger charge is 2.25. The van der Waals surface area contributed by atoms with E-state index in [1.165, 1.54) is 0 Å². The number of imidazole rings is 1. The predicted molar refractivity (Wildman–Crippen MR) is 134 cm³/mol. The molecule has 0 atom stereocenters. The Balaban J connectivity index is 1.47. The highest BCUT2D eigenvalue weighted by Crippen LogP contribution is 2.30. The van der Waals surface area contributed by atoms with Crippen LogP contribution in [-0.2, 0) is 11.3 Å². The molecule has 8 heteroatoms.